The topological polar surface area (TPSA) is 23.5 Å². The highest BCUT2D eigenvalue weighted by molar-refractivity contribution is 5.33. The lowest BCUT2D eigenvalue weighted by Crippen LogP contribution is -2.49. The maximum Gasteiger partial charge on any atom is 0.123 e. The number of aliphatic hydroxyl groups is 1. The molecule has 2 aromatic rings. The number of rotatable bonds is 3. The van der Waals surface area contributed by atoms with Crippen LogP contribution in [-0.4, -0.2) is 22.1 Å². The molecule has 2 aromatic carbocycles. The Morgan fingerprint density at radius 2 is 1.75 bits per heavy atom. The molecule has 2 aliphatic rings. The zero-order chi connectivity index (χ0) is 16.7. The standard InChI is InChI=1S/C21H24FNO/c1-15-7-8-17(22)11-20(15)21(24)12-18-9-10-19(13-21)23(18)14-16-5-3-2-4-6-16/h2-8,11,18-19,24H,9-10,12-14H2,1H3. The van der Waals surface area contributed by atoms with Crippen molar-refractivity contribution in [1.29, 1.82) is 0 Å². The summed E-state index contributed by atoms with van der Waals surface area (Å²) in [6, 6.07) is 16.0. The largest absolute Gasteiger partial charge is 0.385 e. The van der Waals surface area contributed by atoms with Crippen molar-refractivity contribution in [3.05, 3.63) is 71.0 Å². The van der Waals surface area contributed by atoms with E-state index in [1.54, 1.807) is 6.07 Å². The molecule has 0 aliphatic carbocycles. The number of hydrogen-bond acceptors (Lipinski definition) is 2. The molecule has 2 saturated heterocycles. The average molecular weight is 325 g/mol. The molecule has 0 spiro atoms. The first-order valence-electron chi connectivity index (χ1n) is 8.84. The zero-order valence-corrected chi connectivity index (χ0v) is 14.1. The van der Waals surface area contributed by atoms with Gasteiger partial charge in [0.2, 0.25) is 0 Å². The van der Waals surface area contributed by atoms with Crippen LogP contribution in [0.25, 0.3) is 0 Å². The van der Waals surface area contributed by atoms with E-state index in [9.17, 15) is 9.50 Å². The van der Waals surface area contributed by atoms with E-state index >= 15 is 0 Å². The molecule has 4 rings (SSSR count). The van der Waals surface area contributed by atoms with Gasteiger partial charge in [-0.05, 0) is 61.4 Å². The van der Waals surface area contributed by atoms with Gasteiger partial charge in [-0.1, -0.05) is 36.4 Å². The van der Waals surface area contributed by atoms with E-state index in [2.05, 4.69) is 29.2 Å². The van der Waals surface area contributed by atoms with Crippen LogP contribution in [0.15, 0.2) is 48.5 Å². The highest BCUT2D eigenvalue weighted by Crippen LogP contribution is 2.47. The summed E-state index contributed by atoms with van der Waals surface area (Å²) in [5.41, 5.74) is 2.18. The van der Waals surface area contributed by atoms with Gasteiger partial charge in [0.1, 0.15) is 5.82 Å². The highest BCUT2D eigenvalue weighted by Gasteiger charge is 2.48. The van der Waals surface area contributed by atoms with Gasteiger partial charge in [-0.25, -0.2) is 4.39 Å². The van der Waals surface area contributed by atoms with Crippen molar-refractivity contribution in [3.63, 3.8) is 0 Å². The predicted octanol–water partition coefficient (Wildman–Crippen LogP) is 4.15. The van der Waals surface area contributed by atoms with E-state index in [0.717, 1.165) is 30.5 Å². The molecular formula is C21H24FNO. The summed E-state index contributed by atoms with van der Waals surface area (Å²) in [7, 11) is 0. The number of aryl methyl sites for hydroxylation is 1. The van der Waals surface area contributed by atoms with E-state index in [0.29, 0.717) is 24.9 Å². The monoisotopic (exact) mass is 325 g/mol. The van der Waals surface area contributed by atoms with Crippen LogP contribution >= 0.6 is 0 Å². The Kier molecular flexibility index (Phi) is 3.93. The number of benzene rings is 2. The fourth-order valence-corrected chi connectivity index (χ4v) is 4.68. The van der Waals surface area contributed by atoms with Crippen molar-refractivity contribution >= 4 is 0 Å². The molecule has 2 aliphatic heterocycles. The molecule has 2 fully saturated rings. The maximum absolute atomic E-state index is 13.7. The quantitative estimate of drug-likeness (QED) is 0.916. The number of nitrogens with zero attached hydrogens (tertiary/aromatic N) is 1. The van der Waals surface area contributed by atoms with Crippen LogP contribution in [-0.2, 0) is 12.1 Å². The van der Waals surface area contributed by atoms with Gasteiger partial charge in [-0.3, -0.25) is 4.90 Å². The van der Waals surface area contributed by atoms with E-state index < -0.39 is 5.60 Å². The Morgan fingerprint density at radius 3 is 2.42 bits per heavy atom. The van der Waals surface area contributed by atoms with Crippen LogP contribution in [0.3, 0.4) is 0 Å². The fraction of sp³-hybridized carbons (Fsp3) is 0.429. The minimum Gasteiger partial charge on any atom is -0.385 e. The first-order chi connectivity index (χ1) is 11.5. The Labute approximate surface area is 142 Å². The Balaban J connectivity index is 1.58. The van der Waals surface area contributed by atoms with Gasteiger partial charge in [-0.2, -0.15) is 0 Å². The Morgan fingerprint density at radius 1 is 1.08 bits per heavy atom. The minimum absolute atomic E-state index is 0.261. The first-order valence-corrected chi connectivity index (χ1v) is 8.84. The average Bonchev–Trinajstić information content (AvgIpc) is 2.82. The number of fused-ring (bicyclic) bond motifs is 2. The van der Waals surface area contributed by atoms with Crippen molar-refractivity contribution in [1.82, 2.24) is 4.90 Å². The number of hydrogen-bond donors (Lipinski definition) is 1. The maximum atomic E-state index is 13.7. The molecule has 2 atom stereocenters. The normalized spacial score (nSPS) is 29.8. The molecule has 2 nitrogen and oxygen atoms in total. The van der Waals surface area contributed by atoms with Crippen LogP contribution in [0.2, 0.25) is 0 Å². The van der Waals surface area contributed by atoms with Crippen LogP contribution in [0.1, 0.15) is 42.4 Å². The molecule has 126 valence electrons. The lowest BCUT2D eigenvalue weighted by molar-refractivity contribution is -0.0600. The first kappa shape index (κ1) is 15.8. The molecule has 2 bridgehead atoms. The molecule has 0 amide bonds. The molecular weight excluding hydrogens is 301 g/mol. The highest BCUT2D eigenvalue weighted by atomic mass is 19.1. The molecule has 2 unspecified atom stereocenters. The van der Waals surface area contributed by atoms with E-state index in [1.807, 2.05) is 13.0 Å². The molecule has 3 heteroatoms. The van der Waals surface area contributed by atoms with Crippen LogP contribution in [0.4, 0.5) is 4.39 Å². The van der Waals surface area contributed by atoms with Crippen molar-refractivity contribution in [2.75, 3.05) is 0 Å². The van der Waals surface area contributed by atoms with Crippen LogP contribution < -0.4 is 0 Å². The molecule has 24 heavy (non-hydrogen) atoms. The second-order valence-corrected chi connectivity index (χ2v) is 7.44. The molecule has 0 radical (unpaired) electrons. The molecule has 1 N–H and O–H groups in total. The molecule has 2 heterocycles. The van der Waals surface area contributed by atoms with Gasteiger partial charge in [-0.15, -0.1) is 0 Å². The lowest BCUT2D eigenvalue weighted by Gasteiger charge is -2.44. The smallest absolute Gasteiger partial charge is 0.123 e. The van der Waals surface area contributed by atoms with Crippen molar-refractivity contribution in [2.45, 2.75) is 56.8 Å². The van der Waals surface area contributed by atoms with Gasteiger partial charge in [0.25, 0.3) is 0 Å². The second kappa shape index (κ2) is 5.98. The molecule has 0 aromatic heterocycles. The van der Waals surface area contributed by atoms with Crippen molar-refractivity contribution < 1.29 is 9.50 Å². The van der Waals surface area contributed by atoms with Crippen LogP contribution in [0, 0.1) is 12.7 Å². The summed E-state index contributed by atoms with van der Waals surface area (Å²) in [4.78, 5) is 2.54. The fourth-order valence-electron chi connectivity index (χ4n) is 4.68. The minimum atomic E-state index is -0.898. The van der Waals surface area contributed by atoms with Crippen molar-refractivity contribution in [3.8, 4) is 0 Å². The summed E-state index contributed by atoms with van der Waals surface area (Å²) in [6.07, 6.45) is 3.63. The van der Waals surface area contributed by atoms with Gasteiger partial charge in [0, 0.05) is 18.6 Å². The van der Waals surface area contributed by atoms with Crippen LogP contribution in [0.5, 0.6) is 0 Å². The third-order valence-corrected chi connectivity index (χ3v) is 5.83. The third-order valence-electron chi connectivity index (χ3n) is 5.83. The second-order valence-electron chi connectivity index (χ2n) is 7.44. The van der Waals surface area contributed by atoms with Gasteiger partial charge in [0.15, 0.2) is 0 Å². The Hall–Kier alpha value is -1.71. The summed E-state index contributed by atoms with van der Waals surface area (Å²) < 4.78 is 13.7. The van der Waals surface area contributed by atoms with Gasteiger partial charge in [0.05, 0.1) is 5.60 Å². The van der Waals surface area contributed by atoms with E-state index in [4.69, 9.17) is 0 Å². The van der Waals surface area contributed by atoms with Gasteiger partial charge < -0.3 is 5.11 Å². The van der Waals surface area contributed by atoms with Gasteiger partial charge >= 0.3 is 0 Å². The van der Waals surface area contributed by atoms with E-state index in [1.165, 1.54) is 17.7 Å². The zero-order valence-electron chi connectivity index (χ0n) is 14.1. The lowest BCUT2D eigenvalue weighted by atomic mass is 9.78. The SMILES string of the molecule is Cc1ccc(F)cc1C1(O)CC2CCC(C1)N2Cc1ccccc1. The third kappa shape index (κ3) is 2.76. The number of piperidine rings is 1. The van der Waals surface area contributed by atoms with E-state index in [-0.39, 0.29) is 5.82 Å². The molecule has 0 saturated carbocycles. The van der Waals surface area contributed by atoms with Crippen molar-refractivity contribution in [2.24, 2.45) is 0 Å². The summed E-state index contributed by atoms with van der Waals surface area (Å²) in [5.74, 6) is -0.261. The predicted molar refractivity (Wildman–Crippen MR) is 93.1 cm³/mol. The number of halogens is 1. The summed E-state index contributed by atoms with van der Waals surface area (Å²) in [5, 5.41) is 11.3. The summed E-state index contributed by atoms with van der Waals surface area (Å²) in [6.45, 7) is 2.90. The summed E-state index contributed by atoms with van der Waals surface area (Å²) >= 11 is 0. The Bertz CT molecular complexity index is 716.